The molecule has 1 atom stereocenters. The highest BCUT2D eigenvalue weighted by molar-refractivity contribution is 6.74. The number of ether oxygens (including phenoxy) is 1. The number of hydrogen-bond acceptors (Lipinski definition) is 4. The summed E-state index contributed by atoms with van der Waals surface area (Å²) in [6, 6.07) is 19.0. The molecular formula is C31H42N4O3Si. The number of nitrogens with two attached hydrogens (primary N) is 1. The Labute approximate surface area is 233 Å². The Hall–Kier alpha value is -3.36. The molecule has 0 fully saturated rings. The van der Waals surface area contributed by atoms with E-state index >= 15 is 0 Å². The number of aromatic nitrogens is 3. The maximum Gasteiger partial charge on any atom is 0.268 e. The first-order chi connectivity index (χ1) is 18.5. The molecule has 2 aromatic heterocycles. The van der Waals surface area contributed by atoms with E-state index in [-0.39, 0.29) is 17.0 Å². The fourth-order valence-electron chi connectivity index (χ4n) is 4.40. The second kappa shape index (κ2) is 12.2. The summed E-state index contributed by atoms with van der Waals surface area (Å²) in [6.07, 6.45) is 8.95. The molecule has 39 heavy (non-hydrogen) atoms. The molecule has 0 radical (unpaired) electrons. The van der Waals surface area contributed by atoms with E-state index in [2.05, 4.69) is 92.1 Å². The van der Waals surface area contributed by atoms with Crippen LogP contribution in [0.5, 0.6) is 5.75 Å². The minimum Gasteiger partial charge on any atom is -0.494 e. The molecule has 7 nitrogen and oxygen atoms in total. The van der Waals surface area contributed by atoms with Crippen molar-refractivity contribution in [1.29, 1.82) is 0 Å². The van der Waals surface area contributed by atoms with E-state index in [1.165, 1.54) is 10.9 Å². The number of fused-ring (bicyclic) bond motifs is 1. The SMILES string of the molecule is CC(C)(C)[Si](C)(C)O[C@H](CCCn1ccc2ccc(OCCCc3ccccc3)cc21)n1cnc(C(N)=O)c1. The fraction of sp³-hybridized carbons (Fsp3) is 0.419. The predicted molar refractivity (Wildman–Crippen MR) is 159 cm³/mol. The van der Waals surface area contributed by atoms with Crippen molar-refractivity contribution in [2.24, 2.45) is 5.73 Å². The lowest BCUT2D eigenvalue weighted by Gasteiger charge is -2.39. The molecule has 1 amide bonds. The van der Waals surface area contributed by atoms with Gasteiger partial charge in [-0.25, -0.2) is 4.98 Å². The second-order valence-corrected chi connectivity index (χ2v) is 16.5. The van der Waals surface area contributed by atoms with Gasteiger partial charge in [0.2, 0.25) is 0 Å². The summed E-state index contributed by atoms with van der Waals surface area (Å²) in [6.45, 7) is 12.7. The van der Waals surface area contributed by atoms with Gasteiger partial charge < -0.3 is 24.0 Å². The highest BCUT2D eigenvalue weighted by Gasteiger charge is 2.39. The molecule has 4 rings (SSSR count). The van der Waals surface area contributed by atoms with Crippen LogP contribution in [0.15, 0.2) is 73.3 Å². The normalized spacial score (nSPS) is 13.1. The van der Waals surface area contributed by atoms with Crippen molar-refractivity contribution < 1.29 is 14.0 Å². The van der Waals surface area contributed by atoms with Gasteiger partial charge in [0, 0.05) is 25.0 Å². The number of carbonyl (C=O) groups excluding carboxylic acids is 1. The third-order valence-corrected chi connectivity index (χ3v) is 12.2. The highest BCUT2D eigenvalue weighted by atomic mass is 28.4. The van der Waals surface area contributed by atoms with Crippen molar-refractivity contribution in [1.82, 2.24) is 14.1 Å². The standard InChI is InChI=1S/C31H42N4O3Si/c1-31(2,3)39(4,5)38-29(35-22-27(30(32)36)33-23-35)14-9-18-34-19-17-25-15-16-26(21-28(25)34)37-20-10-13-24-11-7-6-8-12-24/h6-8,11-12,15-17,19,21-23,29H,9-10,13-14,18,20H2,1-5H3,(H2,32,36)/t29-/m1/s1. The van der Waals surface area contributed by atoms with Gasteiger partial charge in [-0.05, 0) is 73.0 Å². The molecule has 0 unspecified atom stereocenters. The molecule has 0 aliphatic heterocycles. The van der Waals surface area contributed by atoms with Gasteiger partial charge in [0.1, 0.15) is 17.7 Å². The quantitative estimate of drug-likeness (QED) is 0.145. The minimum absolute atomic E-state index is 0.0620. The Kier molecular flexibility index (Phi) is 8.97. The van der Waals surface area contributed by atoms with Crippen LogP contribution in [0.4, 0.5) is 0 Å². The largest absolute Gasteiger partial charge is 0.494 e. The number of imidazole rings is 1. The topological polar surface area (TPSA) is 84.3 Å². The summed E-state index contributed by atoms with van der Waals surface area (Å²) in [4.78, 5) is 15.8. The van der Waals surface area contributed by atoms with Crippen molar-refractivity contribution in [3.63, 3.8) is 0 Å². The molecular weight excluding hydrogens is 504 g/mol. The molecule has 4 aromatic rings. The van der Waals surface area contributed by atoms with Crippen LogP contribution in [-0.4, -0.2) is 34.9 Å². The van der Waals surface area contributed by atoms with Crippen LogP contribution in [0.2, 0.25) is 18.1 Å². The lowest BCUT2D eigenvalue weighted by molar-refractivity contribution is 0.0984. The molecule has 2 aromatic carbocycles. The predicted octanol–water partition coefficient (Wildman–Crippen LogP) is 6.95. The lowest BCUT2D eigenvalue weighted by atomic mass is 10.1. The summed E-state index contributed by atoms with van der Waals surface area (Å²) in [5.74, 6) is 0.365. The Morgan fingerprint density at radius 3 is 2.54 bits per heavy atom. The molecule has 2 N–H and O–H groups in total. The summed E-state index contributed by atoms with van der Waals surface area (Å²) in [5, 5.41) is 1.26. The van der Waals surface area contributed by atoms with Crippen LogP contribution in [0.1, 0.15) is 62.3 Å². The minimum atomic E-state index is -2.06. The van der Waals surface area contributed by atoms with Crippen molar-refractivity contribution in [2.45, 2.75) is 77.4 Å². The zero-order valence-corrected chi connectivity index (χ0v) is 24.9. The Morgan fingerprint density at radius 1 is 1.08 bits per heavy atom. The molecule has 2 heterocycles. The number of benzene rings is 2. The molecule has 0 saturated carbocycles. The third-order valence-electron chi connectivity index (χ3n) is 7.74. The van der Waals surface area contributed by atoms with Gasteiger partial charge >= 0.3 is 0 Å². The van der Waals surface area contributed by atoms with Crippen LogP contribution in [0, 0.1) is 0 Å². The number of aryl methyl sites for hydroxylation is 2. The van der Waals surface area contributed by atoms with E-state index in [1.807, 2.05) is 16.7 Å². The molecule has 208 valence electrons. The summed E-state index contributed by atoms with van der Waals surface area (Å²) in [7, 11) is -2.06. The van der Waals surface area contributed by atoms with Gasteiger partial charge in [-0.15, -0.1) is 0 Å². The average molecular weight is 547 g/mol. The Morgan fingerprint density at radius 2 is 1.85 bits per heavy atom. The molecule has 0 aliphatic rings. The van der Waals surface area contributed by atoms with E-state index in [4.69, 9.17) is 14.9 Å². The van der Waals surface area contributed by atoms with E-state index < -0.39 is 14.2 Å². The van der Waals surface area contributed by atoms with Crippen LogP contribution in [-0.2, 0) is 17.4 Å². The van der Waals surface area contributed by atoms with Crippen LogP contribution in [0.3, 0.4) is 0 Å². The van der Waals surface area contributed by atoms with E-state index in [9.17, 15) is 4.79 Å². The zero-order chi connectivity index (χ0) is 28.0. The number of amides is 1. The third kappa shape index (κ3) is 7.39. The van der Waals surface area contributed by atoms with Gasteiger partial charge in [0.25, 0.3) is 5.91 Å². The van der Waals surface area contributed by atoms with Crippen molar-refractivity contribution in [3.05, 3.63) is 84.6 Å². The summed E-state index contributed by atoms with van der Waals surface area (Å²) < 4.78 is 17.0. The number of rotatable bonds is 13. The zero-order valence-electron chi connectivity index (χ0n) is 23.9. The smallest absolute Gasteiger partial charge is 0.268 e. The maximum atomic E-state index is 11.7. The Bertz CT molecular complexity index is 1370. The van der Waals surface area contributed by atoms with Gasteiger partial charge in [-0.3, -0.25) is 4.79 Å². The summed E-state index contributed by atoms with van der Waals surface area (Å²) >= 11 is 0. The number of carbonyl (C=O) groups is 1. The highest BCUT2D eigenvalue weighted by Crippen LogP contribution is 2.39. The Balaban J connectivity index is 1.40. The monoisotopic (exact) mass is 546 g/mol. The fourth-order valence-corrected chi connectivity index (χ4v) is 5.68. The van der Waals surface area contributed by atoms with Gasteiger partial charge in [0.15, 0.2) is 8.32 Å². The van der Waals surface area contributed by atoms with E-state index in [1.54, 1.807) is 12.5 Å². The van der Waals surface area contributed by atoms with E-state index in [0.29, 0.717) is 6.61 Å². The van der Waals surface area contributed by atoms with Crippen molar-refractivity contribution >= 4 is 25.1 Å². The molecule has 8 heteroatoms. The molecule has 0 aliphatic carbocycles. The lowest BCUT2D eigenvalue weighted by Crippen LogP contribution is -2.42. The van der Waals surface area contributed by atoms with E-state index in [0.717, 1.165) is 43.5 Å². The van der Waals surface area contributed by atoms with Crippen LogP contribution >= 0.6 is 0 Å². The number of nitrogens with zero attached hydrogens (tertiary/aromatic N) is 3. The van der Waals surface area contributed by atoms with Gasteiger partial charge in [-0.1, -0.05) is 51.1 Å². The van der Waals surface area contributed by atoms with Crippen LogP contribution in [0.25, 0.3) is 10.9 Å². The van der Waals surface area contributed by atoms with Crippen molar-refractivity contribution in [2.75, 3.05) is 6.61 Å². The second-order valence-electron chi connectivity index (χ2n) is 11.7. The van der Waals surface area contributed by atoms with Crippen molar-refractivity contribution in [3.8, 4) is 5.75 Å². The van der Waals surface area contributed by atoms with Crippen LogP contribution < -0.4 is 10.5 Å². The number of hydrogen-bond donors (Lipinski definition) is 1. The van der Waals surface area contributed by atoms with Gasteiger partial charge in [-0.2, -0.15) is 0 Å². The first-order valence-electron chi connectivity index (χ1n) is 13.8. The molecule has 0 saturated heterocycles. The molecule has 0 spiro atoms. The summed E-state index contributed by atoms with van der Waals surface area (Å²) in [5.41, 5.74) is 8.21. The maximum absolute atomic E-state index is 11.7. The van der Waals surface area contributed by atoms with Gasteiger partial charge in [0.05, 0.1) is 18.5 Å². The number of primary amides is 1. The molecule has 0 bridgehead atoms. The first kappa shape index (κ1) is 28.6. The average Bonchev–Trinajstić information content (AvgIpc) is 3.54. The first-order valence-corrected chi connectivity index (χ1v) is 16.7.